The van der Waals surface area contributed by atoms with Gasteiger partial charge in [-0.05, 0) is 57.7 Å². The van der Waals surface area contributed by atoms with E-state index < -0.39 is 0 Å². The van der Waals surface area contributed by atoms with Crippen LogP contribution >= 0.6 is 0 Å². The number of amides is 2. The molecule has 1 saturated carbocycles. The van der Waals surface area contributed by atoms with E-state index in [1.807, 2.05) is 4.90 Å². The Balaban J connectivity index is 1.27. The number of nitrogens with zero attached hydrogens (tertiary/aromatic N) is 3. The number of aromatic nitrogens is 1. The first-order valence-electron chi connectivity index (χ1n) is 11.1. The van der Waals surface area contributed by atoms with Gasteiger partial charge in [-0.15, -0.1) is 0 Å². The number of likely N-dealkylation sites (tertiary alicyclic amines) is 1. The molecule has 8 heteroatoms. The van der Waals surface area contributed by atoms with Crippen LogP contribution in [-0.4, -0.2) is 78.1 Å². The molecule has 2 aliphatic heterocycles. The average molecular weight is 416 g/mol. The lowest BCUT2D eigenvalue weighted by atomic mass is 9.84. The third-order valence-corrected chi connectivity index (χ3v) is 6.91. The van der Waals surface area contributed by atoms with Crippen molar-refractivity contribution in [3.8, 4) is 0 Å². The van der Waals surface area contributed by atoms with Crippen LogP contribution in [0.3, 0.4) is 0 Å². The molecule has 3 heterocycles. The highest BCUT2D eigenvalue weighted by atomic mass is 16.5. The van der Waals surface area contributed by atoms with Gasteiger partial charge in [0.1, 0.15) is 5.82 Å². The van der Waals surface area contributed by atoms with Crippen LogP contribution in [0.4, 0.5) is 5.82 Å². The number of carbonyl (C=O) groups is 2. The van der Waals surface area contributed by atoms with Gasteiger partial charge in [0.2, 0.25) is 5.91 Å². The molecular weight excluding hydrogens is 382 g/mol. The Bertz CT molecular complexity index is 770. The van der Waals surface area contributed by atoms with Gasteiger partial charge in [-0.1, -0.05) is 0 Å². The number of pyridine rings is 1. The molecule has 3 fully saturated rings. The van der Waals surface area contributed by atoms with E-state index in [4.69, 9.17) is 10.5 Å². The number of hydrogen-bond acceptors (Lipinski definition) is 6. The second-order valence-electron chi connectivity index (χ2n) is 9.09. The summed E-state index contributed by atoms with van der Waals surface area (Å²) in [4.78, 5) is 33.9. The molecule has 2 saturated heterocycles. The lowest BCUT2D eigenvalue weighted by molar-refractivity contribution is -0.162. The molecule has 4 rings (SSSR count). The molecular formula is C22H33N5O3. The smallest absolute Gasteiger partial charge is 0.251 e. The van der Waals surface area contributed by atoms with Crippen LogP contribution in [0.2, 0.25) is 0 Å². The number of ether oxygens (including phenoxy) is 1. The lowest BCUT2D eigenvalue weighted by Crippen LogP contribution is -2.58. The number of nitrogen functional groups attached to an aromatic ring is 1. The number of nitrogens with two attached hydrogens (primary N) is 1. The normalized spacial score (nSPS) is 27.0. The Labute approximate surface area is 178 Å². The van der Waals surface area contributed by atoms with E-state index in [2.05, 4.69) is 22.2 Å². The van der Waals surface area contributed by atoms with Crippen LogP contribution < -0.4 is 11.1 Å². The number of nitrogens with one attached hydrogen (secondary N) is 1. The summed E-state index contributed by atoms with van der Waals surface area (Å²) in [5.41, 5.74) is 6.04. The first-order chi connectivity index (χ1) is 14.4. The summed E-state index contributed by atoms with van der Waals surface area (Å²) < 4.78 is 6.15. The molecule has 1 aromatic heterocycles. The van der Waals surface area contributed by atoms with Gasteiger partial charge in [0.05, 0.1) is 12.2 Å². The van der Waals surface area contributed by atoms with Gasteiger partial charge in [0.15, 0.2) is 0 Å². The third kappa shape index (κ3) is 4.75. The summed E-state index contributed by atoms with van der Waals surface area (Å²) in [5, 5.41) is 3.08. The first kappa shape index (κ1) is 21.1. The minimum Gasteiger partial charge on any atom is -0.384 e. The Morgan fingerprint density at radius 3 is 2.63 bits per heavy atom. The van der Waals surface area contributed by atoms with E-state index in [0.29, 0.717) is 24.5 Å². The highest BCUT2D eigenvalue weighted by molar-refractivity contribution is 5.94. The van der Waals surface area contributed by atoms with Crippen molar-refractivity contribution in [1.82, 2.24) is 20.1 Å². The predicted molar refractivity (Wildman–Crippen MR) is 114 cm³/mol. The summed E-state index contributed by atoms with van der Waals surface area (Å²) in [6.45, 7) is 4.10. The van der Waals surface area contributed by atoms with Gasteiger partial charge in [0, 0.05) is 49.9 Å². The number of rotatable bonds is 3. The molecule has 0 radical (unpaired) electrons. The fraction of sp³-hybridized carbons (Fsp3) is 0.682. The Morgan fingerprint density at radius 1 is 1.20 bits per heavy atom. The molecule has 1 aromatic rings. The Morgan fingerprint density at radius 2 is 1.93 bits per heavy atom. The van der Waals surface area contributed by atoms with Crippen LogP contribution in [0.25, 0.3) is 0 Å². The van der Waals surface area contributed by atoms with Crippen molar-refractivity contribution in [2.24, 2.45) is 5.92 Å². The van der Waals surface area contributed by atoms with Crippen LogP contribution in [-0.2, 0) is 9.53 Å². The maximum Gasteiger partial charge on any atom is 0.251 e. The number of morpholine rings is 1. The Hall–Kier alpha value is -2.19. The SMILES string of the molecule is CN1CCC2(CC1)CN(C(=O)C1CCC(NC(=O)c3ccnc(N)c3)CC1)CCO2. The van der Waals surface area contributed by atoms with Crippen molar-refractivity contribution < 1.29 is 14.3 Å². The fourth-order valence-electron chi connectivity index (χ4n) is 4.96. The molecule has 0 aromatic carbocycles. The number of hydrogen-bond donors (Lipinski definition) is 2. The molecule has 0 unspecified atom stereocenters. The zero-order chi connectivity index (χ0) is 21.1. The minimum absolute atomic E-state index is 0.0520. The van der Waals surface area contributed by atoms with E-state index in [-0.39, 0.29) is 29.4 Å². The van der Waals surface area contributed by atoms with Gasteiger partial charge in [-0.25, -0.2) is 4.98 Å². The zero-order valence-electron chi connectivity index (χ0n) is 17.8. The second-order valence-corrected chi connectivity index (χ2v) is 9.09. The van der Waals surface area contributed by atoms with Crippen molar-refractivity contribution in [2.75, 3.05) is 45.6 Å². The third-order valence-electron chi connectivity index (χ3n) is 6.91. The van der Waals surface area contributed by atoms with Gasteiger partial charge in [0.25, 0.3) is 5.91 Å². The Kier molecular flexibility index (Phi) is 6.24. The highest BCUT2D eigenvalue weighted by Gasteiger charge is 2.41. The largest absolute Gasteiger partial charge is 0.384 e. The zero-order valence-corrected chi connectivity index (χ0v) is 17.8. The van der Waals surface area contributed by atoms with E-state index in [0.717, 1.165) is 58.2 Å². The summed E-state index contributed by atoms with van der Waals surface area (Å²) in [6.07, 6.45) is 6.80. The average Bonchev–Trinajstić information content (AvgIpc) is 2.76. The van der Waals surface area contributed by atoms with Gasteiger partial charge in [-0.3, -0.25) is 9.59 Å². The maximum atomic E-state index is 13.2. The number of carbonyl (C=O) groups excluding carboxylic acids is 2. The molecule has 0 atom stereocenters. The van der Waals surface area contributed by atoms with E-state index in [9.17, 15) is 9.59 Å². The molecule has 3 N–H and O–H groups in total. The van der Waals surface area contributed by atoms with Crippen molar-refractivity contribution in [3.63, 3.8) is 0 Å². The van der Waals surface area contributed by atoms with Gasteiger partial charge < -0.3 is 25.6 Å². The molecule has 3 aliphatic rings. The molecule has 0 bridgehead atoms. The van der Waals surface area contributed by atoms with Crippen molar-refractivity contribution >= 4 is 17.6 Å². The van der Waals surface area contributed by atoms with Crippen LogP contribution in [0.5, 0.6) is 0 Å². The second kappa shape index (κ2) is 8.89. The van der Waals surface area contributed by atoms with E-state index in [1.165, 1.54) is 0 Å². The van der Waals surface area contributed by atoms with Crippen LogP contribution in [0, 0.1) is 5.92 Å². The lowest BCUT2D eigenvalue weighted by Gasteiger charge is -2.47. The molecule has 164 valence electrons. The summed E-state index contributed by atoms with van der Waals surface area (Å²) in [5.74, 6) is 0.528. The first-order valence-corrected chi connectivity index (χ1v) is 11.1. The minimum atomic E-state index is -0.155. The molecule has 8 nitrogen and oxygen atoms in total. The molecule has 1 spiro atoms. The van der Waals surface area contributed by atoms with Crippen LogP contribution in [0.15, 0.2) is 18.3 Å². The molecule has 1 aliphatic carbocycles. The number of anilines is 1. The van der Waals surface area contributed by atoms with Crippen LogP contribution in [0.1, 0.15) is 48.9 Å². The van der Waals surface area contributed by atoms with Gasteiger partial charge >= 0.3 is 0 Å². The maximum absolute atomic E-state index is 13.2. The fourth-order valence-corrected chi connectivity index (χ4v) is 4.96. The molecule has 30 heavy (non-hydrogen) atoms. The van der Waals surface area contributed by atoms with Crippen molar-refractivity contribution in [1.29, 1.82) is 0 Å². The molecule has 2 amide bonds. The van der Waals surface area contributed by atoms with Gasteiger partial charge in [-0.2, -0.15) is 0 Å². The van der Waals surface area contributed by atoms with Crippen molar-refractivity contribution in [2.45, 2.75) is 50.2 Å². The summed E-state index contributed by atoms with van der Waals surface area (Å²) in [7, 11) is 2.14. The van der Waals surface area contributed by atoms with Crippen molar-refractivity contribution in [3.05, 3.63) is 23.9 Å². The van der Waals surface area contributed by atoms with E-state index in [1.54, 1.807) is 18.3 Å². The monoisotopic (exact) mass is 415 g/mol. The number of piperidine rings is 1. The summed E-state index contributed by atoms with van der Waals surface area (Å²) >= 11 is 0. The standard InChI is InChI=1S/C22H33N5O3/c1-26-10-7-22(8-11-26)15-27(12-13-30-22)21(29)16-2-4-18(5-3-16)25-20(28)17-6-9-24-19(23)14-17/h6,9,14,16,18H,2-5,7-8,10-13,15H2,1H3,(H2,23,24)(H,25,28). The quantitative estimate of drug-likeness (QED) is 0.771. The topological polar surface area (TPSA) is 101 Å². The summed E-state index contributed by atoms with van der Waals surface area (Å²) in [6, 6.07) is 3.35. The van der Waals surface area contributed by atoms with E-state index >= 15 is 0 Å². The highest BCUT2D eigenvalue weighted by Crippen LogP contribution is 2.32. The predicted octanol–water partition coefficient (Wildman–Crippen LogP) is 1.28.